The van der Waals surface area contributed by atoms with Crippen LogP contribution in [0.3, 0.4) is 0 Å². The van der Waals surface area contributed by atoms with Crippen LogP contribution in [-0.4, -0.2) is 19.7 Å². The summed E-state index contributed by atoms with van der Waals surface area (Å²) in [7, 11) is 0. The topological polar surface area (TPSA) is 63.6 Å². The molecule has 4 aromatic carbocycles. The van der Waals surface area contributed by atoms with Crippen LogP contribution in [-0.2, 0) is 0 Å². The summed E-state index contributed by atoms with van der Waals surface area (Å²) in [5.41, 5.74) is 3.07. The first kappa shape index (κ1) is 19.9. The van der Waals surface area contributed by atoms with Gasteiger partial charge in [-0.1, -0.05) is 84.4 Å². The van der Waals surface area contributed by atoms with E-state index in [0.717, 1.165) is 43.7 Å². The molecule has 0 aliphatic heterocycles. The first-order chi connectivity index (χ1) is 17.2. The van der Waals surface area contributed by atoms with Crippen LogP contribution in [0.25, 0.3) is 60.6 Å². The Morgan fingerprint density at radius 2 is 1.40 bits per heavy atom. The van der Waals surface area contributed by atoms with Crippen LogP contribution in [0.1, 0.15) is 0 Å². The predicted molar refractivity (Wildman–Crippen MR) is 142 cm³/mol. The number of fused-ring (bicyclic) bond motifs is 6. The molecule has 166 valence electrons. The minimum atomic E-state index is -0.212. The number of rotatable bonds is 2. The van der Waals surface area contributed by atoms with Gasteiger partial charge in [0.15, 0.2) is 5.82 Å². The lowest BCUT2D eigenvalue weighted by Gasteiger charge is -2.13. The van der Waals surface area contributed by atoms with Crippen LogP contribution in [0, 0.1) is 0 Å². The van der Waals surface area contributed by atoms with Crippen molar-refractivity contribution in [1.82, 2.24) is 19.7 Å². The van der Waals surface area contributed by atoms with Gasteiger partial charge in [-0.2, -0.15) is 9.78 Å². The number of halogens is 1. The lowest BCUT2D eigenvalue weighted by molar-refractivity contribution is 0.809. The average molecular weight is 473 g/mol. The quantitative estimate of drug-likeness (QED) is 0.298. The van der Waals surface area contributed by atoms with Crippen molar-refractivity contribution in [2.75, 3.05) is 0 Å². The highest BCUT2D eigenvalue weighted by Crippen LogP contribution is 2.35. The Labute approximate surface area is 204 Å². The molecule has 0 radical (unpaired) electrons. The zero-order valence-electron chi connectivity index (χ0n) is 18.4. The number of aromatic nitrogens is 4. The zero-order valence-corrected chi connectivity index (χ0v) is 19.1. The van der Waals surface area contributed by atoms with E-state index in [4.69, 9.17) is 21.7 Å². The molecule has 1 N–H and O–H groups in total. The average Bonchev–Trinajstić information content (AvgIpc) is 3.27. The highest BCUT2D eigenvalue weighted by Gasteiger charge is 2.19. The molecule has 0 unspecified atom stereocenters. The van der Waals surface area contributed by atoms with Crippen molar-refractivity contribution in [1.29, 1.82) is 0 Å². The number of benzene rings is 4. The summed E-state index contributed by atoms with van der Waals surface area (Å²) in [6.45, 7) is 0. The van der Waals surface area contributed by atoms with Gasteiger partial charge < -0.3 is 4.98 Å². The fourth-order valence-electron chi connectivity index (χ4n) is 4.87. The number of hydrogen-bond acceptors (Lipinski definition) is 3. The molecule has 0 amide bonds. The third-order valence-electron chi connectivity index (χ3n) is 6.45. The van der Waals surface area contributed by atoms with E-state index in [-0.39, 0.29) is 5.56 Å². The molecule has 0 saturated carbocycles. The van der Waals surface area contributed by atoms with E-state index in [9.17, 15) is 4.79 Å². The summed E-state index contributed by atoms with van der Waals surface area (Å²) in [4.78, 5) is 22.1. The molecule has 7 aromatic rings. The summed E-state index contributed by atoms with van der Waals surface area (Å²) in [6, 6.07) is 31.2. The molecule has 6 heteroatoms. The summed E-state index contributed by atoms with van der Waals surface area (Å²) in [6.07, 6.45) is 0. The van der Waals surface area contributed by atoms with E-state index in [1.54, 1.807) is 0 Å². The number of nitrogens with one attached hydrogen (secondary N) is 1. The third kappa shape index (κ3) is 2.99. The van der Waals surface area contributed by atoms with Crippen molar-refractivity contribution < 1.29 is 0 Å². The Morgan fingerprint density at radius 3 is 2.20 bits per heavy atom. The molecule has 0 spiro atoms. The van der Waals surface area contributed by atoms with Gasteiger partial charge in [-0.15, -0.1) is 0 Å². The Balaban J connectivity index is 1.64. The summed E-state index contributed by atoms with van der Waals surface area (Å²) in [5.74, 6) is 0.485. The fourth-order valence-corrected chi connectivity index (χ4v) is 5.04. The molecule has 35 heavy (non-hydrogen) atoms. The molecule has 3 aromatic heterocycles. The smallest absolute Gasteiger partial charge is 0.280 e. The Hall–Kier alpha value is -4.48. The van der Waals surface area contributed by atoms with Crippen LogP contribution < -0.4 is 5.56 Å². The van der Waals surface area contributed by atoms with Crippen LogP contribution in [0.5, 0.6) is 0 Å². The molecule has 0 aliphatic rings. The van der Waals surface area contributed by atoms with E-state index in [1.165, 1.54) is 4.68 Å². The summed E-state index contributed by atoms with van der Waals surface area (Å²) >= 11 is 6.32. The van der Waals surface area contributed by atoms with Gasteiger partial charge in [-0.3, -0.25) is 4.79 Å². The monoisotopic (exact) mass is 472 g/mol. The number of nitrogens with zero attached hydrogens (tertiary/aromatic N) is 3. The molecular formula is C29H17ClN4O. The third-order valence-corrected chi connectivity index (χ3v) is 6.68. The van der Waals surface area contributed by atoms with Crippen LogP contribution in [0.4, 0.5) is 0 Å². The van der Waals surface area contributed by atoms with Crippen molar-refractivity contribution in [3.63, 3.8) is 0 Å². The molecule has 0 atom stereocenters. The molecule has 0 bridgehead atoms. The minimum Gasteiger partial charge on any atom is -0.339 e. The largest absolute Gasteiger partial charge is 0.339 e. The lowest BCUT2D eigenvalue weighted by Crippen LogP contribution is -2.23. The van der Waals surface area contributed by atoms with Gasteiger partial charge in [-0.05, 0) is 29.7 Å². The maximum Gasteiger partial charge on any atom is 0.280 e. The molecular weight excluding hydrogens is 456 g/mol. The Bertz CT molecular complexity index is 1990. The first-order valence-electron chi connectivity index (χ1n) is 11.3. The summed E-state index contributed by atoms with van der Waals surface area (Å²) in [5, 5.41) is 10.7. The maximum absolute atomic E-state index is 13.7. The number of aromatic amines is 1. The van der Waals surface area contributed by atoms with Crippen LogP contribution >= 0.6 is 11.6 Å². The second-order valence-electron chi connectivity index (χ2n) is 8.50. The van der Waals surface area contributed by atoms with Gasteiger partial charge in [0, 0.05) is 37.6 Å². The molecule has 5 nitrogen and oxygen atoms in total. The second-order valence-corrected chi connectivity index (χ2v) is 8.93. The van der Waals surface area contributed by atoms with E-state index < -0.39 is 0 Å². The first-order valence-corrected chi connectivity index (χ1v) is 11.6. The SMILES string of the molecule is O=c1c2ccccc2c(-c2ccccc2)nn1-c1nc2[nH]c3ccc(Cl)cc3c2c2ccccc12. The van der Waals surface area contributed by atoms with Gasteiger partial charge in [-0.25, -0.2) is 4.98 Å². The highest BCUT2D eigenvalue weighted by molar-refractivity contribution is 6.32. The standard InChI is InChI=1S/C29H17ClN4O/c30-18-14-15-24-23(16-18)25-19-10-4-6-12-21(19)28(32-27(25)31-24)34-29(35)22-13-7-5-11-20(22)26(33-34)17-8-2-1-3-9-17/h1-16H,(H,31,32). The Morgan fingerprint density at radius 1 is 0.714 bits per heavy atom. The Kier molecular flexibility index (Phi) is 4.28. The van der Waals surface area contributed by atoms with Crippen LogP contribution in [0.2, 0.25) is 5.02 Å². The number of hydrogen-bond donors (Lipinski definition) is 1. The maximum atomic E-state index is 13.7. The van der Waals surface area contributed by atoms with Gasteiger partial charge >= 0.3 is 0 Å². The molecule has 3 heterocycles. The molecule has 0 saturated heterocycles. The van der Waals surface area contributed by atoms with E-state index in [0.29, 0.717) is 21.9 Å². The zero-order chi connectivity index (χ0) is 23.5. The van der Waals surface area contributed by atoms with Crippen molar-refractivity contribution in [2.24, 2.45) is 0 Å². The molecule has 7 rings (SSSR count). The van der Waals surface area contributed by atoms with Gasteiger partial charge in [0.25, 0.3) is 5.56 Å². The molecule has 0 aliphatic carbocycles. The van der Waals surface area contributed by atoms with E-state index in [1.807, 2.05) is 97.1 Å². The normalized spacial score (nSPS) is 11.7. The van der Waals surface area contributed by atoms with Gasteiger partial charge in [0.1, 0.15) is 5.65 Å². The van der Waals surface area contributed by atoms with Crippen molar-refractivity contribution in [3.8, 4) is 17.1 Å². The molecule has 0 fully saturated rings. The van der Waals surface area contributed by atoms with Crippen molar-refractivity contribution in [3.05, 3.63) is 112 Å². The second kappa shape index (κ2) is 7.52. The fraction of sp³-hybridized carbons (Fsp3) is 0. The van der Waals surface area contributed by atoms with Crippen LogP contribution in [0.15, 0.2) is 102 Å². The lowest BCUT2D eigenvalue weighted by atomic mass is 10.0. The highest BCUT2D eigenvalue weighted by atomic mass is 35.5. The van der Waals surface area contributed by atoms with E-state index >= 15 is 0 Å². The summed E-state index contributed by atoms with van der Waals surface area (Å²) < 4.78 is 1.44. The number of H-pyrrole nitrogens is 1. The van der Waals surface area contributed by atoms with Gasteiger partial charge in [0.2, 0.25) is 0 Å². The predicted octanol–water partition coefficient (Wildman–Crippen LogP) is 6.89. The minimum absolute atomic E-state index is 0.212. The van der Waals surface area contributed by atoms with Crippen molar-refractivity contribution >= 4 is 55.1 Å². The number of pyridine rings is 1. The van der Waals surface area contributed by atoms with Gasteiger partial charge in [0.05, 0.1) is 11.1 Å². The van der Waals surface area contributed by atoms with Crippen molar-refractivity contribution in [2.45, 2.75) is 0 Å². The van der Waals surface area contributed by atoms with E-state index in [2.05, 4.69) is 4.98 Å².